The summed E-state index contributed by atoms with van der Waals surface area (Å²) in [5.41, 5.74) is 0.988. The monoisotopic (exact) mass is 228 g/mol. The van der Waals surface area contributed by atoms with E-state index in [1.165, 1.54) is 12.0 Å². The second-order valence-corrected chi connectivity index (χ2v) is 5.14. The normalized spacial score (nSPS) is 28.9. The van der Waals surface area contributed by atoms with Crippen LogP contribution in [0.25, 0.3) is 0 Å². The summed E-state index contributed by atoms with van der Waals surface area (Å²) >= 11 is 0. The Balaban J connectivity index is 2.39. The van der Waals surface area contributed by atoms with Gasteiger partial charge in [-0.2, -0.15) is 5.26 Å². The molecule has 1 fully saturated rings. The molecule has 0 aliphatic heterocycles. The molecule has 0 amide bonds. The quantitative estimate of drug-likeness (QED) is 0.777. The maximum atomic E-state index is 9.65. The highest BCUT2D eigenvalue weighted by atomic mass is 15.1. The van der Waals surface area contributed by atoms with Gasteiger partial charge in [-0.3, -0.25) is 4.90 Å². The van der Waals surface area contributed by atoms with E-state index < -0.39 is 0 Å². The largest absolute Gasteiger partial charge is 0.291 e. The first-order valence-electron chi connectivity index (χ1n) is 6.34. The van der Waals surface area contributed by atoms with Crippen molar-refractivity contribution in [3.63, 3.8) is 0 Å². The molecule has 1 saturated carbocycles. The minimum atomic E-state index is -0.320. The molecule has 2 heteroatoms. The third-order valence-corrected chi connectivity index (χ3v) is 4.07. The Morgan fingerprint density at radius 3 is 2.53 bits per heavy atom. The molecule has 1 aromatic carbocycles. The number of benzene rings is 1. The average molecular weight is 228 g/mol. The van der Waals surface area contributed by atoms with Crippen LogP contribution in [0.1, 0.15) is 37.2 Å². The van der Waals surface area contributed by atoms with E-state index in [0.29, 0.717) is 5.92 Å². The van der Waals surface area contributed by atoms with Crippen molar-refractivity contribution in [2.75, 3.05) is 14.1 Å². The van der Waals surface area contributed by atoms with E-state index in [2.05, 4.69) is 35.2 Å². The molecule has 2 unspecified atom stereocenters. The van der Waals surface area contributed by atoms with E-state index in [4.69, 9.17) is 0 Å². The maximum Gasteiger partial charge on any atom is 0.115 e. The molecule has 0 bridgehead atoms. The molecule has 0 saturated heterocycles. The van der Waals surface area contributed by atoms with Gasteiger partial charge < -0.3 is 0 Å². The summed E-state index contributed by atoms with van der Waals surface area (Å²) in [7, 11) is 4.06. The predicted octanol–water partition coefficient (Wildman–Crippen LogP) is 3.17. The molecule has 90 valence electrons. The summed E-state index contributed by atoms with van der Waals surface area (Å²) in [4.78, 5) is 2.11. The predicted molar refractivity (Wildman–Crippen MR) is 69.7 cm³/mol. The minimum absolute atomic E-state index is 0.320. The molecule has 2 atom stereocenters. The van der Waals surface area contributed by atoms with Crippen LogP contribution in [0.3, 0.4) is 0 Å². The van der Waals surface area contributed by atoms with E-state index in [9.17, 15) is 5.26 Å². The SMILES string of the molecule is CN(C)C1(C#N)CCCCC1c1ccccc1. The van der Waals surface area contributed by atoms with Gasteiger partial charge >= 0.3 is 0 Å². The first-order chi connectivity index (χ1) is 8.20. The second kappa shape index (κ2) is 4.89. The second-order valence-electron chi connectivity index (χ2n) is 5.14. The van der Waals surface area contributed by atoms with Crippen LogP contribution in [0.4, 0.5) is 0 Å². The molecule has 17 heavy (non-hydrogen) atoms. The Morgan fingerprint density at radius 1 is 1.24 bits per heavy atom. The van der Waals surface area contributed by atoms with Gasteiger partial charge in [-0.15, -0.1) is 0 Å². The number of likely N-dealkylation sites (N-methyl/N-ethyl adjacent to an activating group) is 1. The summed E-state index contributed by atoms with van der Waals surface area (Å²) in [6.07, 6.45) is 4.50. The van der Waals surface area contributed by atoms with Crippen LogP contribution >= 0.6 is 0 Å². The van der Waals surface area contributed by atoms with E-state index in [-0.39, 0.29) is 5.54 Å². The zero-order chi connectivity index (χ0) is 12.3. The zero-order valence-electron chi connectivity index (χ0n) is 10.7. The van der Waals surface area contributed by atoms with Gasteiger partial charge in [-0.05, 0) is 32.5 Å². The summed E-state index contributed by atoms with van der Waals surface area (Å²) in [6.45, 7) is 0. The number of nitriles is 1. The third kappa shape index (κ3) is 2.08. The van der Waals surface area contributed by atoms with Crippen molar-refractivity contribution >= 4 is 0 Å². The standard InChI is InChI=1S/C15H20N2/c1-17(2)15(12-16)11-7-6-10-14(15)13-8-4-3-5-9-13/h3-5,8-9,14H,6-7,10-11H2,1-2H3. The molecule has 0 aromatic heterocycles. The minimum Gasteiger partial charge on any atom is -0.291 e. The van der Waals surface area contributed by atoms with Crippen molar-refractivity contribution in [2.45, 2.75) is 37.1 Å². The van der Waals surface area contributed by atoms with E-state index in [1.54, 1.807) is 0 Å². The molecular weight excluding hydrogens is 208 g/mol. The van der Waals surface area contributed by atoms with Gasteiger partial charge in [-0.1, -0.05) is 43.2 Å². The highest BCUT2D eigenvalue weighted by Gasteiger charge is 2.43. The fourth-order valence-electron chi connectivity index (χ4n) is 3.05. The lowest BCUT2D eigenvalue weighted by Crippen LogP contribution is -2.49. The Kier molecular flexibility index (Phi) is 3.49. The Bertz CT molecular complexity index is 405. The van der Waals surface area contributed by atoms with Gasteiger partial charge in [0.25, 0.3) is 0 Å². The molecule has 2 rings (SSSR count). The number of rotatable bonds is 2. The molecule has 0 radical (unpaired) electrons. The number of hydrogen-bond donors (Lipinski definition) is 0. The molecule has 0 spiro atoms. The molecule has 1 aromatic rings. The van der Waals surface area contributed by atoms with Crippen molar-refractivity contribution in [3.8, 4) is 6.07 Å². The van der Waals surface area contributed by atoms with Crippen molar-refractivity contribution in [2.24, 2.45) is 0 Å². The fourth-order valence-corrected chi connectivity index (χ4v) is 3.05. The van der Waals surface area contributed by atoms with Crippen molar-refractivity contribution in [1.29, 1.82) is 5.26 Å². The fraction of sp³-hybridized carbons (Fsp3) is 0.533. The Hall–Kier alpha value is -1.33. The van der Waals surface area contributed by atoms with Gasteiger partial charge in [0, 0.05) is 5.92 Å². The molecule has 0 heterocycles. The van der Waals surface area contributed by atoms with Crippen molar-refractivity contribution < 1.29 is 0 Å². The number of nitrogens with zero attached hydrogens (tertiary/aromatic N) is 2. The van der Waals surface area contributed by atoms with Gasteiger partial charge in [0.1, 0.15) is 5.54 Å². The van der Waals surface area contributed by atoms with Crippen LogP contribution in [0, 0.1) is 11.3 Å². The lowest BCUT2D eigenvalue weighted by molar-refractivity contribution is 0.130. The van der Waals surface area contributed by atoms with Crippen LogP contribution in [0.15, 0.2) is 30.3 Å². The van der Waals surface area contributed by atoms with E-state index >= 15 is 0 Å². The molecular formula is C15H20N2. The van der Waals surface area contributed by atoms with Crippen molar-refractivity contribution in [1.82, 2.24) is 4.90 Å². The van der Waals surface area contributed by atoms with Gasteiger partial charge in [0.15, 0.2) is 0 Å². The molecule has 0 N–H and O–H groups in total. The van der Waals surface area contributed by atoms with E-state index in [0.717, 1.165) is 19.3 Å². The highest BCUT2D eigenvalue weighted by Crippen LogP contribution is 2.43. The molecule has 1 aliphatic carbocycles. The zero-order valence-corrected chi connectivity index (χ0v) is 10.7. The average Bonchev–Trinajstić information content (AvgIpc) is 2.39. The summed E-state index contributed by atoms with van der Waals surface area (Å²) < 4.78 is 0. The summed E-state index contributed by atoms with van der Waals surface area (Å²) in [5.74, 6) is 0.345. The van der Waals surface area contributed by atoms with Gasteiger partial charge in [0.2, 0.25) is 0 Å². The Labute approximate surface area is 104 Å². The Morgan fingerprint density at radius 2 is 1.94 bits per heavy atom. The molecule has 1 aliphatic rings. The maximum absolute atomic E-state index is 9.65. The summed E-state index contributed by atoms with van der Waals surface area (Å²) in [5, 5.41) is 9.65. The van der Waals surface area contributed by atoms with Crippen LogP contribution in [-0.4, -0.2) is 24.5 Å². The molecule has 2 nitrogen and oxygen atoms in total. The van der Waals surface area contributed by atoms with Crippen molar-refractivity contribution in [3.05, 3.63) is 35.9 Å². The lowest BCUT2D eigenvalue weighted by Gasteiger charge is -2.43. The van der Waals surface area contributed by atoms with Gasteiger partial charge in [0.05, 0.1) is 6.07 Å². The highest BCUT2D eigenvalue weighted by molar-refractivity contribution is 5.29. The smallest absolute Gasteiger partial charge is 0.115 e. The third-order valence-electron chi connectivity index (χ3n) is 4.07. The van der Waals surface area contributed by atoms with Crippen LogP contribution in [-0.2, 0) is 0 Å². The summed E-state index contributed by atoms with van der Waals surface area (Å²) in [6, 6.07) is 13.1. The van der Waals surface area contributed by atoms with Crippen LogP contribution < -0.4 is 0 Å². The first kappa shape index (κ1) is 12.1. The van der Waals surface area contributed by atoms with Crippen LogP contribution in [0.5, 0.6) is 0 Å². The topological polar surface area (TPSA) is 27.0 Å². The number of hydrogen-bond acceptors (Lipinski definition) is 2. The van der Waals surface area contributed by atoms with E-state index in [1.807, 2.05) is 20.2 Å². The van der Waals surface area contributed by atoms with Gasteiger partial charge in [-0.25, -0.2) is 0 Å². The van der Waals surface area contributed by atoms with Crippen LogP contribution in [0.2, 0.25) is 0 Å². The first-order valence-corrected chi connectivity index (χ1v) is 6.34. The lowest BCUT2D eigenvalue weighted by atomic mass is 9.69.